The Morgan fingerprint density at radius 1 is 1.35 bits per heavy atom. The highest BCUT2D eigenvalue weighted by Gasteiger charge is 2.39. The summed E-state index contributed by atoms with van der Waals surface area (Å²) in [6, 6.07) is 4.90. The van der Waals surface area contributed by atoms with E-state index in [4.69, 9.17) is 4.74 Å². The van der Waals surface area contributed by atoms with Crippen LogP contribution in [0.5, 0.6) is 0 Å². The molecule has 1 unspecified atom stereocenters. The van der Waals surface area contributed by atoms with Crippen LogP contribution >= 0.6 is 11.3 Å². The van der Waals surface area contributed by atoms with Crippen molar-refractivity contribution in [2.45, 2.75) is 69.9 Å². The summed E-state index contributed by atoms with van der Waals surface area (Å²) in [5, 5.41) is 5.95. The summed E-state index contributed by atoms with van der Waals surface area (Å²) >= 11 is 1.87. The van der Waals surface area contributed by atoms with Crippen molar-refractivity contribution in [2.24, 2.45) is 0 Å². The molecule has 1 fully saturated rings. The zero-order valence-electron chi connectivity index (χ0n) is 13.0. The molecule has 1 aliphatic carbocycles. The summed E-state index contributed by atoms with van der Waals surface area (Å²) in [7, 11) is 1.91. The molecule has 2 rings (SSSR count). The number of ether oxygens (including phenoxy) is 1. The monoisotopic (exact) mass is 295 g/mol. The molecule has 0 aromatic carbocycles. The number of rotatable bonds is 8. The maximum Gasteiger partial charge on any atom is 0.0831 e. The molecule has 1 aromatic rings. The Morgan fingerprint density at radius 3 is 2.75 bits per heavy atom. The van der Waals surface area contributed by atoms with Gasteiger partial charge < -0.3 is 10.1 Å². The Morgan fingerprint density at radius 2 is 2.15 bits per heavy atom. The highest BCUT2D eigenvalue weighted by molar-refractivity contribution is 7.09. The average Bonchev–Trinajstić information content (AvgIpc) is 3.01. The van der Waals surface area contributed by atoms with Crippen LogP contribution in [-0.4, -0.2) is 25.3 Å². The molecule has 3 heteroatoms. The van der Waals surface area contributed by atoms with E-state index in [-0.39, 0.29) is 5.60 Å². The molecule has 0 bridgehead atoms. The largest absolute Gasteiger partial charge is 0.377 e. The van der Waals surface area contributed by atoms with Gasteiger partial charge in [0.05, 0.1) is 5.60 Å². The summed E-state index contributed by atoms with van der Waals surface area (Å²) in [5.74, 6) is 0. The Balaban J connectivity index is 2.00. The molecule has 1 heterocycles. The smallest absolute Gasteiger partial charge is 0.0831 e. The van der Waals surface area contributed by atoms with E-state index in [1.807, 2.05) is 18.4 Å². The summed E-state index contributed by atoms with van der Waals surface area (Å²) in [6.45, 7) is 3.34. The first-order chi connectivity index (χ1) is 9.80. The first-order valence-electron chi connectivity index (χ1n) is 8.11. The van der Waals surface area contributed by atoms with E-state index in [9.17, 15) is 0 Å². The first-order valence-corrected chi connectivity index (χ1v) is 8.99. The minimum Gasteiger partial charge on any atom is -0.377 e. The quantitative estimate of drug-likeness (QED) is 0.767. The van der Waals surface area contributed by atoms with Crippen LogP contribution < -0.4 is 5.32 Å². The van der Waals surface area contributed by atoms with Crippen LogP contribution in [0.1, 0.15) is 56.7 Å². The van der Waals surface area contributed by atoms with E-state index < -0.39 is 0 Å². The van der Waals surface area contributed by atoms with Gasteiger partial charge in [-0.15, -0.1) is 11.3 Å². The maximum atomic E-state index is 6.05. The summed E-state index contributed by atoms with van der Waals surface area (Å²) in [6.07, 6.45) is 9.99. The number of nitrogens with one attached hydrogen (secondary N) is 1. The van der Waals surface area contributed by atoms with E-state index >= 15 is 0 Å². The van der Waals surface area contributed by atoms with Crippen LogP contribution in [0.3, 0.4) is 0 Å². The topological polar surface area (TPSA) is 21.3 Å². The molecule has 0 aliphatic heterocycles. The Labute approximate surface area is 127 Å². The molecule has 20 heavy (non-hydrogen) atoms. The van der Waals surface area contributed by atoms with Crippen molar-refractivity contribution in [3.8, 4) is 0 Å². The molecule has 0 spiro atoms. The van der Waals surface area contributed by atoms with Crippen LogP contribution in [0.2, 0.25) is 0 Å². The van der Waals surface area contributed by atoms with Gasteiger partial charge in [0, 0.05) is 18.0 Å². The molecule has 1 N–H and O–H groups in total. The van der Waals surface area contributed by atoms with Crippen molar-refractivity contribution in [1.82, 2.24) is 5.32 Å². The summed E-state index contributed by atoms with van der Waals surface area (Å²) in [5.41, 5.74) is 0.0741. The van der Waals surface area contributed by atoms with Crippen LogP contribution in [-0.2, 0) is 11.2 Å². The third-order valence-corrected chi connectivity index (χ3v) is 5.58. The SMILES string of the molecule is CCCNC(CCc1cccs1)C1(OC)CCCCC1. The molecule has 0 radical (unpaired) electrons. The lowest BCUT2D eigenvalue weighted by molar-refractivity contribution is -0.0691. The first kappa shape index (κ1) is 16.0. The van der Waals surface area contributed by atoms with Gasteiger partial charge in [0.1, 0.15) is 0 Å². The van der Waals surface area contributed by atoms with E-state index in [1.165, 1.54) is 56.2 Å². The average molecular weight is 295 g/mol. The van der Waals surface area contributed by atoms with Crippen LogP contribution in [0.25, 0.3) is 0 Å². The van der Waals surface area contributed by atoms with E-state index in [0.29, 0.717) is 6.04 Å². The van der Waals surface area contributed by atoms with Gasteiger partial charge in [-0.2, -0.15) is 0 Å². The molecule has 0 amide bonds. The number of aryl methyl sites for hydroxylation is 1. The highest BCUT2D eigenvalue weighted by Crippen LogP contribution is 2.35. The van der Waals surface area contributed by atoms with Gasteiger partial charge in [-0.25, -0.2) is 0 Å². The molecule has 1 aliphatic rings. The second-order valence-electron chi connectivity index (χ2n) is 5.95. The fourth-order valence-corrected chi connectivity index (χ4v) is 4.18. The van der Waals surface area contributed by atoms with Crippen molar-refractivity contribution >= 4 is 11.3 Å². The number of hydrogen-bond acceptors (Lipinski definition) is 3. The van der Waals surface area contributed by atoms with Crippen LogP contribution in [0, 0.1) is 0 Å². The zero-order valence-corrected chi connectivity index (χ0v) is 13.8. The molecule has 1 saturated carbocycles. The van der Waals surface area contributed by atoms with Crippen molar-refractivity contribution < 1.29 is 4.74 Å². The van der Waals surface area contributed by atoms with E-state index in [0.717, 1.165) is 6.54 Å². The number of thiophene rings is 1. The fourth-order valence-electron chi connectivity index (χ4n) is 3.46. The third-order valence-electron chi connectivity index (χ3n) is 4.64. The van der Waals surface area contributed by atoms with Crippen molar-refractivity contribution in [1.29, 1.82) is 0 Å². The van der Waals surface area contributed by atoms with Crippen molar-refractivity contribution in [3.05, 3.63) is 22.4 Å². The van der Waals surface area contributed by atoms with Gasteiger partial charge in [0.15, 0.2) is 0 Å². The Kier molecular flexibility index (Phi) is 6.53. The lowest BCUT2D eigenvalue weighted by Gasteiger charge is -2.43. The summed E-state index contributed by atoms with van der Waals surface area (Å²) < 4.78 is 6.05. The Hall–Kier alpha value is -0.380. The van der Waals surface area contributed by atoms with E-state index in [2.05, 4.69) is 29.8 Å². The molecule has 1 atom stereocenters. The van der Waals surface area contributed by atoms with Gasteiger partial charge in [-0.1, -0.05) is 32.3 Å². The predicted octanol–water partition coefficient (Wildman–Crippen LogP) is 4.40. The zero-order chi connectivity index (χ0) is 14.3. The normalized spacial score (nSPS) is 19.9. The van der Waals surface area contributed by atoms with E-state index in [1.54, 1.807) is 0 Å². The molecular weight excluding hydrogens is 266 g/mol. The van der Waals surface area contributed by atoms with Crippen LogP contribution in [0.4, 0.5) is 0 Å². The standard InChI is InChI=1S/C17H29NOS/c1-3-13-18-16(10-9-15-8-7-14-20-15)17(19-2)11-5-4-6-12-17/h7-8,14,16,18H,3-6,9-13H2,1-2H3. The minimum absolute atomic E-state index is 0.0741. The Bertz CT molecular complexity index is 357. The fraction of sp³-hybridized carbons (Fsp3) is 0.765. The third kappa shape index (κ3) is 4.06. The number of methoxy groups -OCH3 is 1. The van der Waals surface area contributed by atoms with Gasteiger partial charge in [0.2, 0.25) is 0 Å². The lowest BCUT2D eigenvalue weighted by Crippen LogP contribution is -2.53. The lowest BCUT2D eigenvalue weighted by atomic mass is 9.77. The minimum atomic E-state index is 0.0741. The molecule has 114 valence electrons. The van der Waals surface area contributed by atoms with Gasteiger partial charge in [-0.05, 0) is 50.1 Å². The molecular formula is C17H29NOS. The second-order valence-corrected chi connectivity index (χ2v) is 6.99. The molecule has 0 saturated heterocycles. The van der Waals surface area contributed by atoms with Crippen molar-refractivity contribution in [2.75, 3.05) is 13.7 Å². The number of hydrogen-bond donors (Lipinski definition) is 1. The van der Waals surface area contributed by atoms with Crippen molar-refractivity contribution in [3.63, 3.8) is 0 Å². The van der Waals surface area contributed by atoms with Gasteiger partial charge in [0.25, 0.3) is 0 Å². The van der Waals surface area contributed by atoms with Gasteiger partial charge in [-0.3, -0.25) is 0 Å². The van der Waals surface area contributed by atoms with Gasteiger partial charge >= 0.3 is 0 Å². The summed E-state index contributed by atoms with van der Waals surface area (Å²) in [4.78, 5) is 1.50. The maximum absolute atomic E-state index is 6.05. The highest BCUT2D eigenvalue weighted by atomic mass is 32.1. The second kappa shape index (κ2) is 8.16. The predicted molar refractivity (Wildman–Crippen MR) is 87.5 cm³/mol. The molecule has 2 nitrogen and oxygen atoms in total. The molecule has 1 aromatic heterocycles. The van der Waals surface area contributed by atoms with Crippen LogP contribution in [0.15, 0.2) is 17.5 Å².